The van der Waals surface area contributed by atoms with E-state index in [1.807, 2.05) is 6.07 Å². The lowest BCUT2D eigenvalue weighted by atomic mass is 9.95. The number of rotatable bonds is 3. The smallest absolute Gasteiger partial charge is 0.408 e. The highest BCUT2D eigenvalue weighted by Crippen LogP contribution is 2.36. The number of fused-ring (bicyclic) bond motifs is 2. The molecule has 0 spiro atoms. The molecule has 100 valence electrons. The second kappa shape index (κ2) is 5.08. The van der Waals surface area contributed by atoms with Gasteiger partial charge in [-0.1, -0.05) is 42.0 Å². The Morgan fingerprint density at radius 2 is 2.00 bits per heavy atom. The maximum atomic E-state index is 11.2. The molecule has 1 fully saturated rings. The van der Waals surface area contributed by atoms with E-state index in [1.54, 1.807) is 4.90 Å². The van der Waals surface area contributed by atoms with Crippen molar-refractivity contribution in [3.63, 3.8) is 0 Å². The molecule has 2 unspecified atom stereocenters. The minimum absolute atomic E-state index is 0.127. The standard InChI is InChI=1S/C16H19NO2/c18-16(19)17-14-8-9-15(17)11-13(10-14)7-6-12-4-2-1-3-5-12/h1-5,10,14-15H,6-9,11H2,(H,18,19). The Labute approximate surface area is 113 Å². The molecule has 2 aliphatic heterocycles. The van der Waals surface area contributed by atoms with Gasteiger partial charge in [-0.05, 0) is 37.7 Å². The van der Waals surface area contributed by atoms with Crippen molar-refractivity contribution in [1.82, 2.24) is 4.90 Å². The van der Waals surface area contributed by atoms with Gasteiger partial charge in [0.05, 0.1) is 6.04 Å². The molecule has 0 radical (unpaired) electrons. The zero-order chi connectivity index (χ0) is 13.2. The molecule has 19 heavy (non-hydrogen) atoms. The van der Waals surface area contributed by atoms with E-state index in [9.17, 15) is 9.90 Å². The summed E-state index contributed by atoms with van der Waals surface area (Å²) in [5.74, 6) is 0. The molecule has 2 bridgehead atoms. The van der Waals surface area contributed by atoms with Crippen LogP contribution >= 0.6 is 0 Å². The van der Waals surface area contributed by atoms with Gasteiger partial charge < -0.3 is 5.11 Å². The van der Waals surface area contributed by atoms with Gasteiger partial charge in [-0.25, -0.2) is 4.79 Å². The molecule has 2 heterocycles. The molecule has 1 aromatic rings. The maximum Gasteiger partial charge on any atom is 0.408 e. The van der Waals surface area contributed by atoms with E-state index in [0.717, 1.165) is 32.1 Å². The molecule has 3 heteroatoms. The highest BCUT2D eigenvalue weighted by Gasteiger charge is 2.39. The van der Waals surface area contributed by atoms with Crippen LogP contribution in [0, 0.1) is 0 Å². The summed E-state index contributed by atoms with van der Waals surface area (Å²) in [4.78, 5) is 12.8. The van der Waals surface area contributed by atoms with Crippen LogP contribution in [-0.2, 0) is 6.42 Å². The van der Waals surface area contributed by atoms with Crippen molar-refractivity contribution in [2.75, 3.05) is 0 Å². The number of carboxylic acid groups (broad SMARTS) is 1. The Hall–Kier alpha value is -1.77. The summed E-state index contributed by atoms with van der Waals surface area (Å²) < 4.78 is 0. The van der Waals surface area contributed by atoms with Crippen LogP contribution in [0.2, 0.25) is 0 Å². The average molecular weight is 257 g/mol. The van der Waals surface area contributed by atoms with Crippen LogP contribution in [-0.4, -0.2) is 28.2 Å². The normalized spacial score (nSPS) is 25.3. The third kappa shape index (κ3) is 2.50. The Balaban J connectivity index is 1.65. The molecule has 3 nitrogen and oxygen atoms in total. The lowest BCUT2D eigenvalue weighted by Crippen LogP contribution is -2.42. The van der Waals surface area contributed by atoms with Crippen molar-refractivity contribution in [2.45, 2.75) is 44.2 Å². The van der Waals surface area contributed by atoms with Crippen LogP contribution in [0.1, 0.15) is 31.2 Å². The zero-order valence-corrected chi connectivity index (χ0v) is 11.0. The first kappa shape index (κ1) is 12.3. The third-order valence-corrected chi connectivity index (χ3v) is 4.27. The summed E-state index contributed by atoms with van der Waals surface area (Å²) in [5.41, 5.74) is 2.80. The zero-order valence-electron chi connectivity index (χ0n) is 11.0. The summed E-state index contributed by atoms with van der Waals surface area (Å²) in [6, 6.07) is 10.8. The Morgan fingerprint density at radius 3 is 2.68 bits per heavy atom. The van der Waals surface area contributed by atoms with Crippen molar-refractivity contribution in [2.24, 2.45) is 0 Å². The van der Waals surface area contributed by atoms with E-state index in [0.29, 0.717) is 0 Å². The van der Waals surface area contributed by atoms with Gasteiger partial charge in [-0.2, -0.15) is 0 Å². The Kier molecular flexibility index (Phi) is 3.28. The van der Waals surface area contributed by atoms with Gasteiger partial charge in [-0.15, -0.1) is 0 Å². The number of aryl methyl sites for hydroxylation is 1. The fourth-order valence-corrected chi connectivity index (χ4v) is 3.35. The first-order chi connectivity index (χ1) is 9.24. The molecule has 0 aromatic heterocycles. The molecule has 1 amide bonds. The predicted octanol–water partition coefficient (Wildman–Crippen LogP) is 3.46. The second-order valence-corrected chi connectivity index (χ2v) is 5.50. The SMILES string of the molecule is O=C(O)N1C2C=C(CCc3ccccc3)CC1CC2. The van der Waals surface area contributed by atoms with Gasteiger partial charge in [0.1, 0.15) is 0 Å². The molecule has 2 atom stereocenters. The summed E-state index contributed by atoms with van der Waals surface area (Å²) >= 11 is 0. The first-order valence-electron chi connectivity index (χ1n) is 6.99. The van der Waals surface area contributed by atoms with Crippen LogP contribution in [0.4, 0.5) is 4.79 Å². The van der Waals surface area contributed by atoms with E-state index in [-0.39, 0.29) is 12.1 Å². The lowest BCUT2D eigenvalue weighted by molar-refractivity contribution is 0.126. The monoisotopic (exact) mass is 257 g/mol. The Bertz CT molecular complexity index is 495. The van der Waals surface area contributed by atoms with Crippen molar-refractivity contribution in [3.05, 3.63) is 47.5 Å². The molecule has 2 aliphatic rings. The fraction of sp³-hybridized carbons (Fsp3) is 0.438. The topological polar surface area (TPSA) is 40.5 Å². The number of carbonyl (C=O) groups is 1. The van der Waals surface area contributed by atoms with Gasteiger partial charge in [-0.3, -0.25) is 4.90 Å². The number of nitrogens with zero attached hydrogens (tertiary/aromatic N) is 1. The summed E-state index contributed by atoms with van der Waals surface area (Å²) in [6.45, 7) is 0. The van der Waals surface area contributed by atoms with Gasteiger partial charge in [0, 0.05) is 6.04 Å². The van der Waals surface area contributed by atoms with Crippen molar-refractivity contribution in [1.29, 1.82) is 0 Å². The molecule has 1 saturated heterocycles. The number of amides is 1. The Morgan fingerprint density at radius 1 is 1.21 bits per heavy atom. The van der Waals surface area contributed by atoms with E-state index in [2.05, 4.69) is 30.3 Å². The predicted molar refractivity (Wildman–Crippen MR) is 74.1 cm³/mol. The highest BCUT2D eigenvalue weighted by molar-refractivity contribution is 5.67. The maximum absolute atomic E-state index is 11.2. The largest absolute Gasteiger partial charge is 0.465 e. The summed E-state index contributed by atoms with van der Waals surface area (Å²) in [6.07, 6.45) is 6.49. The van der Waals surface area contributed by atoms with Gasteiger partial charge in [0.25, 0.3) is 0 Å². The quantitative estimate of drug-likeness (QED) is 0.842. The lowest BCUT2D eigenvalue weighted by Gasteiger charge is -2.31. The average Bonchev–Trinajstić information content (AvgIpc) is 2.70. The minimum Gasteiger partial charge on any atom is -0.465 e. The van der Waals surface area contributed by atoms with Crippen LogP contribution in [0.3, 0.4) is 0 Å². The number of hydrogen-bond acceptors (Lipinski definition) is 1. The van der Waals surface area contributed by atoms with E-state index in [1.165, 1.54) is 11.1 Å². The first-order valence-corrected chi connectivity index (χ1v) is 6.99. The van der Waals surface area contributed by atoms with Crippen molar-refractivity contribution in [3.8, 4) is 0 Å². The van der Waals surface area contributed by atoms with E-state index in [4.69, 9.17) is 0 Å². The van der Waals surface area contributed by atoms with Crippen molar-refractivity contribution >= 4 is 6.09 Å². The third-order valence-electron chi connectivity index (χ3n) is 4.27. The van der Waals surface area contributed by atoms with Gasteiger partial charge in [0.15, 0.2) is 0 Å². The summed E-state index contributed by atoms with van der Waals surface area (Å²) in [7, 11) is 0. The van der Waals surface area contributed by atoms with Crippen LogP contribution in [0.5, 0.6) is 0 Å². The molecular weight excluding hydrogens is 238 g/mol. The fourth-order valence-electron chi connectivity index (χ4n) is 3.35. The van der Waals surface area contributed by atoms with Gasteiger partial charge in [0.2, 0.25) is 0 Å². The van der Waals surface area contributed by atoms with E-state index < -0.39 is 6.09 Å². The molecule has 1 aromatic carbocycles. The number of hydrogen-bond donors (Lipinski definition) is 1. The van der Waals surface area contributed by atoms with Crippen molar-refractivity contribution < 1.29 is 9.90 Å². The molecule has 0 saturated carbocycles. The highest BCUT2D eigenvalue weighted by atomic mass is 16.4. The molecule has 0 aliphatic carbocycles. The van der Waals surface area contributed by atoms with E-state index >= 15 is 0 Å². The second-order valence-electron chi connectivity index (χ2n) is 5.50. The molecule has 1 N–H and O–H groups in total. The van der Waals surface area contributed by atoms with Crippen LogP contribution in [0.15, 0.2) is 42.0 Å². The van der Waals surface area contributed by atoms with Gasteiger partial charge >= 0.3 is 6.09 Å². The van der Waals surface area contributed by atoms with Crippen LogP contribution in [0.25, 0.3) is 0 Å². The minimum atomic E-state index is -0.758. The molecular formula is C16H19NO2. The number of benzene rings is 1. The molecule has 3 rings (SSSR count). The van der Waals surface area contributed by atoms with Crippen LogP contribution < -0.4 is 0 Å². The summed E-state index contributed by atoms with van der Waals surface area (Å²) in [5, 5.41) is 9.21.